The monoisotopic (exact) mass is 324 g/mol. The molecule has 5 nitrogen and oxygen atoms in total. The zero-order chi connectivity index (χ0) is 15.6. The Kier molecular flexibility index (Phi) is 3.67. The summed E-state index contributed by atoms with van der Waals surface area (Å²) in [6, 6.07) is 7.83. The molecule has 3 aromatic rings. The van der Waals surface area contributed by atoms with Crippen molar-refractivity contribution in [3.8, 4) is 0 Å². The molecule has 0 aromatic carbocycles. The van der Waals surface area contributed by atoms with Gasteiger partial charge in [-0.25, -0.2) is 0 Å². The Morgan fingerprint density at radius 3 is 2.96 bits per heavy atom. The minimum absolute atomic E-state index is 0.0766. The summed E-state index contributed by atoms with van der Waals surface area (Å²) in [5, 5.41) is 5.62. The van der Waals surface area contributed by atoms with Crippen LogP contribution in [-0.4, -0.2) is 39.9 Å². The van der Waals surface area contributed by atoms with Crippen LogP contribution >= 0.6 is 11.3 Å². The van der Waals surface area contributed by atoms with Crippen LogP contribution in [0.3, 0.4) is 0 Å². The second-order valence-corrected chi connectivity index (χ2v) is 6.53. The second kappa shape index (κ2) is 5.96. The first-order chi connectivity index (χ1) is 11.3. The largest absolute Gasteiger partial charge is 0.379 e. The highest BCUT2D eigenvalue weighted by atomic mass is 32.1. The number of carbonyl (C=O) groups excluding carboxylic acids is 1. The Morgan fingerprint density at radius 1 is 1.22 bits per heavy atom. The third kappa shape index (κ3) is 2.77. The molecule has 0 bridgehead atoms. The molecule has 0 radical (unpaired) electrons. The van der Waals surface area contributed by atoms with Crippen LogP contribution in [-0.2, 0) is 0 Å². The molecule has 1 aliphatic rings. The molecule has 4 rings (SSSR count). The fourth-order valence-corrected chi connectivity index (χ4v) is 3.78. The molecule has 0 saturated carbocycles. The molecule has 116 valence electrons. The molecular weight excluding hydrogens is 308 g/mol. The molecule has 6 heteroatoms. The fraction of sp³-hybridized carbons (Fsp3) is 0.235. The maximum atomic E-state index is 12.5. The van der Waals surface area contributed by atoms with Crippen molar-refractivity contribution < 1.29 is 4.79 Å². The van der Waals surface area contributed by atoms with Gasteiger partial charge in [-0.15, -0.1) is 11.3 Å². The van der Waals surface area contributed by atoms with Crippen molar-refractivity contribution in [2.24, 2.45) is 0 Å². The summed E-state index contributed by atoms with van der Waals surface area (Å²) in [6.07, 6.45) is 6.09. The van der Waals surface area contributed by atoms with Crippen LogP contribution in [0.5, 0.6) is 0 Å². The van der Waals surface area contributed by atoms with Crippen LogP contribution < -0.4 is 5.32 Å². The molecule has 1 N–H and O–H groups in total. The molecule has 1 amide bonds. The SMILES string of the molecule is O=C(c1ccncc1)N1CCC(Nc2ccnc3ccsc23)C1. The van der Waals surface area contributed by atoms with Crippen LogP contribution in [0.15, 0.2) is 48.2 Å². The number of nitrogens with zero attached hydrogens (tertiary/aromatic N) is 3. The molecule has 4 heterocycles. The van der Waals surface area contributed by atoms with Gasteiger partial charge in [0.1, 0.15) is 0 Å². The number of likely N-dealkylation sites (tertiary alicyclic amines) is 1. The smallest absolute Gasteiger partial charge is 0.254 e. The van der Waals surface area contributed by atoms with Gasteiger partial charge in [0.25, 0.3) is 5.91 Å². The average molecular weight is 324 g/mol. The number of anilines is 1. The summed E-state index contributed by atoms with van der Waals surface area (Å²) < 4.78 is 1.17. The minimum Gasteiger partial charge on any atom is -0.379 e. The highest BCUT2D eigenvalue weighted by molar-refractivity contribution is 7.17. The summed E-state index contributed by atoms with van der Waals surface area (Å²) >= 11 is 1.69. The van der Waals surface area contributed by atoms with Gasteiger partial charge in [0.2, 0.25) is 0 Å². The maximum absolute atomic E-state index is 12.5. The lowest BCUT2D eigenvalue weighted by Gasteiger charge is -2.18. The number of carbonyl (C=O) groups is 1. The zero-order valence-corrected chi connectivity index (χ0v) is 13.3. The van der Waals surface area contributed by atoms with Gasteiger partial charge in [0.15, 0.2) is 0 Å². The molecule has 1 saturated heterocycles. The summed E-state index contributed by atoms with van der Waals surface area (Å²) in [6.45, 7) is 1.49. The van der Waals surface area contributed by atoms with Gasteiger partial charge >= 0.3 is 0 Å². The van der Waals surface area contributed by atoms with Gasteiger partial charge in [0, 0.05) is 43.3 Å². The normalized spacial score (nSPS) is 17.6. The molecule has 3 aromatic heterocycles. The van der Waals surface area contributed by atoms with Crippen molar-refractivity contribution >= 4 is 33.1 Å². The number of aromatic nitrogens is 2. The van der Waals surface area contributed by atoms with Crippen LogP contribution in [0.25, 0.3) is 10.2 Å². The first-order valence-electron chi connectivity index (χ1n) is 7.59. The van der Waals surface area contributed by atoms with Gasteiger partial charge in [0.05, 0.1) is 15.9 Å². The van der Waals surface area contributed by atoms with Crippen molar-refractivity contribution in [2.45, 2.75) is 12.5 Å². The van der Waals surface area contributed by atoms with Gasteiger partial charge in [-0.2, -0.15) is 0 Å². The molecule has 0 aliphatic carbocycles. The van der Waals surface area contributed by atoms with E-state index in [4.69, 9.17) is 0 Å². The van der Waals surface area contributed by atoms with Crippen LogP contribution in [0.2, 0.25) is 0 Å². The van der Waals surface area contributed by atoms with Crippen LogP contribution in [0.4, 0.5) is 5.69 Å². The lowest BCUT2D eigenvalue weighted by Crippen LogP contribution is -2.31. The number of nitrogens with one attached hydrogen (secondary N) is 1. The minimum atomic E-state index is 0.0766. The number of hydrogen-bond donors (Lipinski definition) is 1. The number of hydrogen-bond acceptors (Lipinski definition) is 5. The maximum Gasteiger partial charge on any atom is 0.254 e. The number of rotatable bonds is 3. The number of amides is 1. The molecule has 1 atom stereocenters. The van der Waals surface area contributed by atoms with E-state index in [2.05, 4.69) is 20.7 Å². The van der Waals surface area contributed by atoms with E-state index in [0.717, 1.165) is 30.7 Å². The van der Waals surface area contributed by atoms with Gasteiger partial charge in [-0.1, -0.05) is 0 Å². The van der Waals surface area contributed by atoms with Crippen LogP contribution in [0, 0.1) is 0 Å². The van der Waals surface area contributed by atoms with E-state index in [-0.39, 0.29) is 11.9 Å². The Morgan fingerprint density at radius 2 is 2.09 bits per heavy atom. The number of fused-ring (bicyclic) bond motifs is 1. The standard InChI is InChI=1S/C17H16N4OS/c22-17(12-1-6-18-7-2-12)21-9-4-13(11-21)20-15-3-8-19-14-5-10-23-16(14)15/h1-3,5-8,10,13H,4,9,11H2,(H,19,20). The molecule has 0 spiro atoms. The summed E-state index contributed by atoms with van der Waals surface area (Å²) in [7, 11) is 0. The Balaban J connectivity index is 1.47. The van der Waals surface area contributed by atoms with Gasteiger partial charge < -0.3 is 10.2 Å². The Bertz CT molecular complexity index is 833. The summed E-state index contributed by atoms with van der Waals surface area (Å²) in [4.78, 5) is 22.7. The zero-order valence-electron chi connectivity index (χ0n) is 12.5. The van der Waals surface area contributed by atoms with Crippen LogP contribution in [0.1, 0.15) is 16.8 Å². The average Bonchev–Trinajstić information content (AvgIpc) is 3.25. The van der Waals surface area contributed by atoms with E-state index in [9.17, 15) is 4.79 Å². The predicted octanol–water partition coefficient (Wildman–Crippen LogP) is 3.02. The van der Waals surface area contributed by atoms with Crippen molar-refractivity contribution in [1.82, 2.24) is 14.9 Å². The highest BCUT2D eigenvalue weighted by Gasteiger charge is 2.27. The molecule has 1 aliphatic heterocycles. The van der Waals surface area contributed by atoms with Gasteiger partial charge in [-0.05, 0) is 36.1 Å². The first-order valence-corrected chi connectivity index (χ1v) is 8.47. The molecule has 1 unspecified atom stereocenters. The highest BCUT2D eigenvalue weighted by Crippen LogP contribution is 2.28. The lowest BCUT2D eigenvalue weighted by molar-refractivity contribution is 0.0791. The summed E-state index contributed by atoms with van der Waals surface area (Å²) in [5.74, 6) is 0.0766. The van der Waals surface area contributed by atoms with Crippen molar-refractivity contribution in [1.29, 1.82) is 0 Å². The molecular formula is C17H16N4OS. The Labute approximate surface area is 138 Å². The first kappa shape index (κ1) is 14.1. The lowest BCUT2D eigenvalue weighted by atomic mass is 10.2. The van der Waals surface area contributed by atoms with E-state index >= 15 is 0 Å². The molecule has 23 heavy (non-hydrogen) atoms. The van der Waals surface area contributed by atoms with Crippen molar-refractivity contribution in [2.75, 3.05) is 18.4 Å². The van der Waals surface area contributed by atoms with E-state index < -0.39 is 0 Å². The predicted molar refractivity (Wildman–Crippen MR) is 91.8 cm³/mol. The second-order valence-electron chi connectivity index (χ2n) is 5.61. The number of pyridine rings is 2. The quantitative estimate of drug-likeness (QED) is 0.804. The van der Waals surface area contributed by atoms with E-state index in [1.807, 2.05) is 23.2 Å². The third-order valence-corrected chi connectivity index (χ3v) is 5.04. The Hall–Kier alpha value is -2.47. The van der Waals surface area contributed by atoms with Crippen molar-refractivity contribution in [3.05, 3.63) is 53.8 Å². The number of thiophene rings is 1. The molecule has 1 fully saturated rings. The third-order valence-electron chi connectivity index (χ3n) is 4.11. The van der Waals surface area contributed by atoms with E-state index in [1.165, 1.54) is 4.70 Å². The fourth-order valence-electron chi connectivity index (χ4n) is 2.95. The van der Waals surface area contributed by atoms with E-state index in [0.29, 0.717) is 5.56 Å². The topological polar surface area (TPSA) is 58.1 Å². The van der Waals surface area contributed by atoms with Crippen molar-refractivity contribution in [3.63, 3.8) is 0 Å². The van der Waals surface area contributed by atoms with E-state index in [1.54, 1.807) is 35.9 Å². The van der Waals surface area contributed by atoms with Gasteiger partial charge in [-0.3, -0.25) is 14.8 Å². The summed E-state index contributed by atoms with van der Waals surface area (Å²) in [5.41, 5.74) is 2.82.